The van der Waals surface area contributed by atoms with Gasteiger partial charge < -0.3 is 9.47 Å². The number of aromatic nitrogens is 2. The second-order valence-electron chi connectivity index (χ2n) is 8.82. The van der Waals surface area contributed by atoms with Gasteiger partial charge >= 0.3 is 12.4 Å². The molecule has 0 bridgehead atoms. The summed E-state index contributed by atoms with van der Waals surface area (Å²) in [5, 5.41) is 1.05. The number of aldehydes is 1. The Morgan fingerprint density at radius 3 is 1.95 bits per heavy atom. The van der Waals surface area contributed by atoms with Gasteiger partial charge in [-0.15, -0.1) is 0 Å². The minimum atomic E-state index is -4.79. The molecule has 0 radical (unpaired) electrons. The average molecular weight is 553 g/mol. The number of carbonyl (C=O) groups excluding carboxylic acids is 1. The molecular formula is C27H22F7N3O2. The van der Waals surface area contributed by atoms with Gasteiger partial charge in [0.25, 0.3) is 5.56 Å². The number of hydrogen-bond donors (Lipinski definition) is 0. The molecule has 0 atom stereocenters. The molecule has 0 saturated heterocycles. The molecule has 5 nitrogen and oxygen atoms in total. The molecule has 0 fully saturated rings. The predicted molar refractivity (Wildman–Crippen MR) is 132 cm³/mol. The van der Waals surface area contributed by atoms with E-state index < -0.39 is 23.5 Å². The van der Waals surface area contributed by atoms with Crippen molar-refractivity contribution in [3.8, 4) is 11.1 Å². The normalized spacial score (nSPS) is 11.9. The van der Waals surface area contributed by atoms with Gasteiger partial charge in [0, 0.05) is 36.9 Å². The van der Waals surface area contributed by atoms with Crippen LogP contribution in [0.5, 0.6) is 0 Å². The van der Waals surface area contributed by atoms with Crippen LogP contribution in [0.2, 0.25) is 0 Å². The highest BCUT2D eigenvalue weighted by molar-refractivity contribution is 6.02. The van der Waals surface area contributed by atoms with Crippen LogP contribution < -0.4 is 5.56 Å². The second kappa shape index (κ2) is 11.4. The maximum Gasteiger partial charge on any atom is 0.416 e. The molecule has 0 aliphatic heterocycles. The van der Waals surface area contributed by atoms with Crippen LogP contribution in [-0.2, 0) is 25.9 Å². The summed E-state index contributed by atoms with van der Waals surface area (Å²) in [7, 11) is 4.66. The third-order valence-corrected chi connectivity index (χ3v) is 5.63. The van der Waals surface area contributed by atoms with E-state index in [1.54, 1.807) is 38.5 Å². The zero-order chi connectivity index (χ0) is 29.1. The Morgan fingerprint density at radius 2 is 1.46 bits per heavy atom. The van der Waals surface area contributed by atoms with Crippen LogP contribution in [0.25, 0.3) is 21.9 Å². The van der Waals surface area contributed by atoms with Crippen LogP contribution in [0.4, 0.5) is 30.7 Å². The molecule has 2 aromatic heterocycles. The lowest BCUT2D eigenvalue weighted by Gasteiger charge is -2.16. The highest BCUT2D eigenvalue weighted by Crippen LogP contribution is 2.36. The molecule has 206 valence electrons. The van der Waals surface area contributed by atoms with Gasteiger partial charge in [0.05, 0.1) is 22.2 Å². The van der Waals surface area contributed by atoms with E-state index in [-0.39, 0.29) is 35.2 Å². The Balaban J connectivity index is 0.000000219. The summed E-state index contributed by atoms with van der Waals surface area (Å²) in [6, 6.07) is 9.08. The average Bonchev–Trinajstić information content (AvgIpc) is 2.85. The molecule has 0 saturated carbocycles. The standard InChI is InChI=1S/C16H11FN2O2.C11H11F6N/c1-19-14(9-20)15(10-2-4-11(17)5-3-10)12-6-7-18-8-13(12)16(19)21;1-18(2)6-7-3-8(10(12,13)14)5-9(4-7)11(15,16)17/h2-9H,1H3;3-5H,6H2,1-2H3. The molecule has 4 rings (SSSR count). The smallest absolute Gasteiger partial charge is 0.308 e. The summed E-state index contributed by atoms with van der Waals surface area (Å²) in [6.45, 7) is 0.00694. The van der Waals surface area contributed by atoms with Gasteiger partial charge in [0.15, 0.2) is 6.29 Å². The van der Waals surface area contributed by atoms with Crippen LogP contribution in [0.1, 0.15) is 27.2 Å². The van der Waals surface area contributed by atoms with Crippen molar-refractivity contribution in [1.82, 2.24) is 14.5 Å². The van der Waals surface area contributed by atoms with E-state index in [1.807, 2.05) is 0 Å². The van der Waals surface area contributed by atoms with Crippen molar-refractivity contribution < 1.29 is 35.5 Å². The Hall–Kier alpha value is -4.06. The van der Waals surface area contributed by atoms with Crippen LogP contribution in [0.15, 0.2) is 65.7 Å². The van der Waals surface area contributed by atoms with Gasteiger partial charge in [-0.1, -0.05) is 12.1 Å². The summed E-state index contributed by atoms with van der Waals surface area (Å²) in [6.07, 6.45) is -5.91. The summed E-state index contributed by atoms with van der Waals surface area (Å²) in [4.78, 5) is 29.1. The molecule has 12 heteroatoms. The van der Waals surface area contributed by atoms with E-state index in [0.717, 1.165) is 12.1 Å². The highest BCUT2D eigenvalue weighted by Gasteiger charge is 2.36. The molecule has 0 aliphatic carbocycles. The Kier molecular flexibility index (Phi) is 8.59. The lowest BCUT2D eigenvalue weighted by atomic mass is 9.98. The maximum atomic E-state index is 13.1. The predicted octanol–water partition coefficient (Wildman–Crippen LogP) is 6.34. The summed E-state index contributed by atoms with van der Waals surface area (Å²) in [5.41, 5.74) is -1.35. The summed E-state index contributed by atoms with van der Waals surface area (Å²) >= 11 is 0. The third kappa shape index (κ3) is 6.88. The Labute approximate surface area is 218 Å². The van der Waals surface area contributed by atoms with Gasteiger partial charge in [-0.3, -0.25) is 14.6 Å². The van der Waals surface area contributed by atoms with Crippen molar-refractivity contribution in [3.05, 3.63) is 99.5 Å². The Bertz CT molecular complexity index is 1510. The van der Waals surface area contributed by atoms with Crippen LogP contribution in [0.3, 0.4) is 0 Å². The summed E-state index contributed by atoms with van der Waals surface area (Å²) < 4.78 is 89.4. The lowest BCUT2D eigenvalue weighted by molar-refractivity contribution is -0.143. The lowest BCUT2D eigenvalue weighted by Crippen LogP contribution is -2.21. The first-order chi connectivity index (χ1) is 18.1. The molecule has 0 amide bonds. The van der Waals surface area contributed by atoms with Crippen molar-refractivity contribution in [2.75, 3.05) is 14.1 Å². The van der Waals surface area contributed by atoms with E-state index in [2.05, 4.69) is 4.98 Å². The third-order valence-electron chi connectivity index (χ3n) is 5.63. The molecule has 0 unspecified atom stereocenters. The van der Waals surface area contributed by atoms with Crippen LogP contribution >= 0.6 is 0 Å². The topological polar surface area (TPSA) is 55.2 Å². The molecule has 0 spiro atoms. The zero-order valence-corrected chi connectivity index (χ0v) is 20.9. The van der Waals surface area contributed by atoms with E-state index in [9.17, 15) is 40.3 Å². The fraction of sp³-hybridized carbons (Fsp3) is 0.222. The fourth-order valence-corrected chi connectivity index (χ4v) is 3.91. The van der Waals surface area contributed by atoms with Crippen molar-refractivity contribution in [3.63, 3.8) is 0 Å². The number of fused-ring (bicyclic) bond motifs is 1. The molecule has 2 heterocycles. The van der Waals surface area contributed by atoms with Gasteiger partial charge in [-0.2, -0.15) is 26.3 Å². The number of alkyl halides is 6. The summed E-state index contributed by atoms with van der Waals surface area (Å²) in [5.74, 6) is -0.359. The first-order valence-corrected chi connectivity index (χ1v) is 11.2. The molecule has 4 aromatic rings. The molecule has 2 aromatic carbocycles. The van der Waals surface area contributed by atoms with Crippen molar-refractivity contribution >= 4 is 17.1 Å². The number of hydrogen-bond acceptors (Lipinski definition) is 4. The van der Waals surface area contributed by atoms with Gasteiger partial charge in [-0.05, 0) is 61.6 Å². The van der Waals surface area contributed by atoms with Crippen LogP contribution in [0, 0.1) is 5.82 Å². The molecule has 39 heavy (non-hydrogen) atoms. The Morgan fingerprint density at radius 1 is 0.897 bits per heavy atom. The molecule has 0 N–H and O–H groups in total. The van der Waals surface area contributed by atoms with Crippen LogP contribution in [-0.4, -0.2) is 34.8 Å². The quantitative estimate of drug-likeness (QED) is 0.219. The van der Waals surface area contributed by atoms with Gasteiger partial charge in [0.1, 0.15) is 5.82 Å². The van der Waals surface area contributed by atoms with E-state index in [1.165, 1.54) is 34.8 Å². The minimum absolute atomic E-state index is 0.00694. The maximum absolute atomic E-state index is 13.1. The number of halogens is 7. The number of rotatable bonds is 4. The van der Waals surface area contributed by atoms with Gasteiger partial charge in [-0.25, -0.2) is 4.39 Å². The first-order valence-electron chi connectivity index (χ1n) is 11.2. The molecule has 0 aliphatic rings. The number of nitrogens with zero attached hydrogens (tertiary/aromatic N) is 3. The van der Waals surface area contributed by atoms with Crippen molar-refractivity contribution in [2.24, 2.45) is 7.05 Å². The zero-order valence-electron chi connectivity index (χ0n) is 20.9. The van der Waals surface area contributed by atoms with Crippen molar-refractivity contribution in [1.29, 1.82) is 0 Å². The highest BCUT2D eigenvalue weighted by atomic mass is 19.4. The fourth-order valence-electron chi connectivity index (χ4n) is 3.91. The first kappa shape index (κ1) is 29.5. The van der Waals surface area contributed by atoms with E-state index in [0.29, 0.717) is 28.2 Å². The number of carbonyl (C=O) groups is 1. The molecular weight excluding hydrogens is 531 g/mol. The second-order valence-corrected chi connectivity index (χ2v) is 8.82. The number of pyridine rings is 2. The van der Waals surface area contributed by atoms with E-state index >= 15 is 0 Å². The SMILES string of the molecule is CN(C)Cc1cc(C(F)(F)F)cc(C(F)(F)F)c1.Cn1c(C=O)c(-c2ccc(F)cc2)c2ccncc2c1=O. The van der Waals surface area contributed by atoms with Gasteiger partial charge in [0.2, 0.25) is 0 Å². The minimum Gasteiger partial charge on any atom is -0.308 e. The largest absolute Gasteiger partial charge is 0.416 e. The van der Waals surface area contributed by atoms with Crippen molar-refractivity contribution in [2.45, 2.75) is 18.9 Å². The monoisotopic (exact) mass is 553 g/mol. The number of benzene rings is 2. The van der Waals surface area contributed by atoms with E-state index in [4.69, 9.17) is 0 Å².